The van der Waals surface area contributed by atoms with E-state index >= 15 is 0 Å². The summed E-state index contributed by atoms with van der Waals surface area (Å²) in [7, 11) is 1.62. The number of piperidine rings is 1. The van der Waals surface area contributed by atoms with Crippen molar-refractivity contribution in [3.63, 3.8) is 0 Å². The van der Waals surface area contributed by atoms with E-state index in [1.165, 1.54) is 31.4 Å². The fourth-order valence-electron chi connectivity index (χ4n) is 4.51. The molecular weight excluding hydrogens is 306 g/mol. The number of fused-ring (bicyclic) bond motifs is 1. The van der Waals surface area contributed by atoms with Crippen molar-refractivity contribution in [1.82, 2.24) is 4.90 Å². The summed E-state index contributed by atoms with van der Waals surface area (Å²) in [6.07, 6.45) is 12.6. The summed E-state index contributed by atoms with van der Waals surface area (Å²) >= 11 is 1.90. The van der Waals surface area contributed by atoms with Crippen molar-refractivity contribution in [2.75, 3.05) is 7.05 Å². The summed E-state index contributed by atoms with van der Waals surface area (Å²) in [6.45, 7) is 0. The van der Waals surface area contributed by atoms with Gasteiger partial charge in [-0.2, -0.15) is 0 Å². The van der Waals surface area contributed by atoms with Crippen molar-refractivity contribution in [2.45, 2.75) is 25.7 Å². The van der Waals surface area contributed by atoms with E-state index in [2.05, 4.69) is 18.2 Å². The van der Waals surface area contributed by atoms with E-state index in [-0.39, 0.29) is 23.7 Å². The van der Waals surface area contributed by atoms with E-state index in [0.717, 1.165) is 31.3 Å². The Labute approximate surface area is 139 Å². The average molecular weight is 323 g/mol. The van der Waals surface area contributed by atoms with Crippen LogP contribution in [0.4, 0.5) is 0 Å². The molecule has 0 radical (unpaired) electrons. The predicted octanol–water partition coefficient (Wildman–Crippen LogP) is 3.48. The fourth-order valence-corrected chi connectivity index (χ4v) is 5.88. The van der Waals surface area contributed by atoms with Crippen molar-refractivity contribution in [3.05, 3.63) is 56.4 Å². The van der Waals surface area contributed by atoms with Crippen LogP contribution in [0.25, 0.3) is 0 Å². The van der Waals surface area contributed by atoms with Gasteiger partial charge in [-0.25, -0.2) is 0 Å². The molecule has 0 N–H and O–H groups in total. The first-order chi connectivity index (χ1) is 11.2. The first-order valence-electron chi connectivity index (χ1n) is 8.22. The van der Waals surface area contributed by atoms with E-state index in [1.807, 2.05) is 17.8 Å². The van der Waals surface area contributed by atoms with Crippen LogP contribution in [0.5, 0.6) is 0 Å². The van der Waals surface area contributed by atoms with Gasteiger partial charge in [0.25, 0.3) is 5.91 Å². The largest absolute Gasteiger partial charge is 0.282 e. The van der Waals surface area contributed by atoms with Crippen LogP contribution < -0.4 is 0 Å². The van der Waals surface area contributed by atoms with Gasteiger partial charge in [-0.1, -0.05) is 36.1 Å². The van der Waals surface area contributed by atoms with E-state index in [0.29, 0.717) is 0 Å². The second kappa shape index (κ2) is 4.60. The van der Waals surface area contributed by atoms with Gasteiger partial charge in [0.05, 0.1) is 5.92 Å². The van der Waals surface area contributed by atoms with Gasteiger partial charge in [0, 0.05) is 18.5 Å². The Bertz CT molecular complexity index is 824. The van der Waals surface area contributed by atoms with Crippen molar-refractivity contribution >= 4 is 23.6 Å². The molecule has 3 aliphatic carbocycles. The van der Waals surface area contributed by atoms with Crippen LogP contribution in [-0.2, 0) is 9.59 Å². The highest BCUT2D eigenvalue weighted by Crippen LogP contribution is 2.57. The van der Waals surface area contributed by atoms with Crippen molar-refractivity contribution < 1.29 is 9.59 Å². The molecule has 0 bridgehead atoms. The molecule has 5 rings (SSSR count). The monoisotopic (exact) mass is 323 g/mol. The molecule has 1 saturated heterocycles. The zero-order valence-corrected chi connectivity index (χ0v) is 13.8. The molecule has 3 nitrogen and oxygen atoms in total. The lowest BCUT2D eigenvalue weighted by atomic mass is 9.65. The molecule has 5 aliphatic rings. The number of carbonyl (C=O) groups is 2. The van der Waals surface area contributed by atoms with Gasteiger partial charge in [0.1, 0.15) is 0 Å². The molecule has 0 saturated carbocycles. The summed E-state index contributed by atoms with van der Waals surface area (Å²) in [6, 6.07) is 0. The predicted molar refractivity (Wildman–Crippen MR) is 90.2 cm³/mol. The van der Waals surface area contributed by atoms with Gasteiger partial charge in [0.2, 0.25) is 5.91 Å². The SMILES string of the molecule is CN1C(=O)C2=CC=C3C4=C(CCC=C4)SC4=C3C2C(CC4)C1=O. The maximum atomic E-state index is 12.6. The number of allylic oxidation sites excluding steroid dienone is 9. The Kier molecular flexibility index (Phi) is 2.72. The molecule has 4 heteroatoms. The number of amides is 2. The van der Waals surface area contributed by atoms with Crippen LogP contribution >= 0.6 is 11.8 Å². The molecule has 2 amide bonds. The van der Waals surface area contributed by atoms with Crippen LogP contribution in [0.15, 0.2) is 56.4 Å². The average Bonchev–Trinajstić information content (AvgIpc) is 2.59. The second-order valence-corrected chi connectivity index (χ2v) is 7.93. The van der Waals surface area contributed by atoms with E-state index in [1.54, 1.807) is 7.05 Å². The van der Waals surface area contributed by atoms with Crippen LogP contribution in [0.2, 0.25) is 0 Å². The molecule has 2 heterocycles. The molecule has 0 aromatic rings. The number of likely N-dealkylation sites (N-methyl/N-ethyl adjacent to an activating group) is 1. The zero-order valence-electron chi connectivity index (χ0n) is 13.0. The number of thioether (sulfide) groups is 1. The minimum atomic E-state index is -0.121. The van der Waals surface area contributed by atoms with Gasteiger partial charge >= 0.3 is 0 Å². The number of carbonyl (C=O) groups excluding carboxylic acids is 2. The van der Waals surface area contributed by atoms with Crippen LogP contribution in [0, 0.1) is 11.8 Å². The number of hydrogen-bond acceptors (Lipinski definition) is 3. The van der Waals surface area contributed by atoms with E-state index < -0.39 is 0 Å². The lowest BCUT2D eigenvalue weighted by Crippen LogP contribution is -2.51. The van der Waals surface area contributed by atoms with Crippen molar-refractivity contribution in [2.24, 2.45) is 11.8 Å². The second-order valence-electron chi connectivity index (χ2n) is 6.74. The lowest BCUT2D eigenvalue weighted by molar-refractivity contribution is -0.148. The molecule has 0 aromatic heterocycles. The molecule has 116 valence electrons. The van der Waals surface area contributed by atoms with Gasteiger partial charge < -0.3 is 0 Å². The number of imide groups is 1. The highest BCUT2D eigenvalue weighted by molar-refractivity contribution is 8.06. The topological polar surface area (TPSA) is 37.4 Å². The number of rotatable bonds is 0. The maximum Gasteiger partial charge on any atom is 0.256 e. The van der Waals surface area contributed by atoms with Gasteiger partial charge in [-0.05, 0) is 52.2 Å². The first-order valence-corrected chi connectivity index (χ1v) is 9.03. The molecule has 2 atom stereocenters. The summed E-state index contributed by atoms with van der Waals surface area (Å²) in [5, 5.41) is 0. The van der Waals surface area contributed by atoms with Crippen LogP contribution in [0.1, 0.15) is 25.7 Å². The van der Waals surface area contributed by atoms with E-state index in [4.69, 9.17) is 0 Å². The molecule has 0 aromatic carbocycles. The highest BCUT2D eigenvalue weighted by atomic mass is 32.2. The number of hydrogen-bond donors (Lipinski definition) is 0. The maximum absolute atomic E-state index is 12.6. The minimum absolute atomic E-state index is 0.00564. The van der Waals surface area contributed by atoms with Crippen molar-refractivity contribution in [1.29, 1.82) is 0 Å². The molecular formula is C19H17NO2S. The Morgan fingerprint density at radius 1 is 1.17 bits per heavy atom. The number of likely N-dealkylation sites (tertiary alicyclic amines) is 1. The summed E-state index contributed by atoms with van der Waals surface area (Å²) in [5.74, 6) is -0.216. The summed E-state index contributed by atoms with van der Waals surface area (Å²) < 4.78 is 0. The first kappa shape index (κ1) is 13.6. The highest BCUT2D eigenvalue weighted by Gasteiger charge is 2.50. The van der Waals surface area contributed by atoms with Gasteiger partial charge in [-0.15, -0.1) is 0 Å². The Balaban J connectivity index is 1.73. The molecule has 23 heavy (non-hydrogen) atoms. The lowest BCUT2D eigenvalue weighted by Gasteiger charge is -2.45. The van der Waals surface area contributed by atoms with Crippen molar-refractivity contribution in [3.8, 4) is 0 Å². The Morgan fingerprint density at radius 2 is 2.04 bits per heavy atom. The van der Waals surface area contributed by atoms with Crippen LogP contribution in [0.3, 0.4) is 0 Å². The van der Waals surface area contributed by atoms with Gasteiger partial charge in [0.15, 0.2) is 0 Å². The third kappa shape index (κ3) is 1.67. The Hall–Kier alpha value is -1.81. The quantitative estimate of drug-likeness (QED) is 0.641. The summed E-state index contributed by atoms with van der Waals surface area (Å²) in [5.41, 5.74) is 4.64. The molecule has 1 fully saturated rings. The fraction of sp³-hybridized carbons (Fsp3) is 0.368. The molecule has 2 aliphatic heterocycles. The Morgan fingerprint density at radius 3 is 2.91 bits per heavy atom. The van der Waals surface area contributed by atoms with E-state index in [9.17, 15) is 9.59 Å². The third-order valence-corrected chi connectivity index (χ3v) is 6.95. The smallest absolute Gasteiger partial charge is 0.256 e. The summed E-state index contributed by atoms with van der Waals surface area (Å²) in [4.78, 5) is 29.3. The standard InChI is InChI=1S/C19H17NO2S/c1-20-18(21)12-7-6-11-10-4-2-3-5-14(10)23-15-9-8-13(19(20)22)16(12)17(11)15/h2,4,6-7,13,16H,3,5,8-9H2,1H3. The zero-order chi connectivity index (χ0) is 15.7. The molecule has 2 unspecified atom stereocenters. The van der Waals surface area contributed by atoms with Gasteiger partial charge in [-0.3, -0.25) is 14.5 Å². The number of nitrogens with zero attached hydrogens (tertiary/aromatic N) is 1. The normalized spacial score (nSPS) is 31.8. The molecule has 0 spiro atoms. The minimum Gasteiger partial charge on any atom is -0.282 e. The third-order valence-electron chi connectivity index (χ3n) is 5.61. The van der Waals surface area contributed by atoms with Crippen LogP contribution in [-0.4, -0.2) is 23.8 Å².